The smallest absolute Gasteiger partial charge is 0.362 e. The third-order valence-corrected chi connectivity index (χ3v) is 4.21. The number of rotatable bonds is 2. The fourth-order valence-electron chi connectivity index (χ4n) is 1.47. The predicted octanol–water partition coefficient (Wildman–Crippen LogP) is 3.09. The van der Waals surface area contributed by atoms with Crippen molar-refractivity contribution in [2.24, 2.45) is 0 Å². The van der Waals surface area contributed by atoms with Crippen LogP contribution in [0, 0.1) is 0 Å². The summed E-state index contributed by atoms with van der Waals surface area (Å²) < 4.78 is 6.41. The van der Waals surface area contributed by atoms with Crippen LogP contribution in [-0.2, 0) is 4.74 Å². The van der Waals surface area contributed by atoms with Crippen molar-refractivity contribution in [3.05, 3.63) is 54.8 Å². The summed E-state index contributed by atoms with van der Waals surface area (Å²) in [5.41, 5.74) is -0.428. The maximum absolute atomic E-state index is 11.6. The summed E-state index contributed by atoms with van der Waals surface area (Å²) in [6, 6.07) is 4.53. The summed E-state index contributed by atoms with van der Waals surface area (Å²) in [6.07, 6.45) is 1.39. The Labute approximate surface area is 132 Å². The molecule has 8 heteroatoms. The number of methoxy groups -OCH3 is 1. The van der Waals surface area contributed by atoms with Gasteiger partial charge in [-0.15, -0.1) is 0 Å². The van der Waals surface area contributed by atoms with Crippen LogP contribution in [0.4, 0.5) is 0 Å². The van der Waals surface area contributed by atoms with Gasteiger partial charge in [0.2, 0.25) is 11.1 Å². The summed E-state index contributed by atoms with van der Waals surface area (Å²) in [5, 5.41) is 4.47. The predicted molar refractivity (Wildman–Crippen MR) is 78.9 cm³/mol. The highest BCUT2D eigenvalue weighted by molar-refractivity contribution is 9.10. The second kappa shape index (κ2) is 5.95. The fourth-order valence-corrected chi connectivity index (χ4v) is 2.33. The van der Waals surface area contributed by atoms with Gasteiger partial charge in [-0.3, -0.25) is 4.79 Å². The van der Waals surface area contributed by atoms with Crippen LogP contribution < -0.4 is 5.43 Å². The molecule has 0 saturated carbocycles. The van der Waals surface area contributed by atoms with Crippen LogP contribution in [-0.4, -0.2) is 22.9 Å². The lowest BCUT2D eigenvalue weighted by molar-refractivity contribution is 0.0590. The Morgan fingerprint density at radius 1 is 1.30 bits per heavy atom. The molecule has 0 amide bonds. The lowest BCUT2D eigenvalue weighted by Gasteiger charge is -2.10. The summed E-state index contributed by atoms with van der Waals surface area (Å²) in [5.74, 6) is -0.816. The molecule has 0 radical (unpaired) electrons. The monoisotopic (exact) mass is 376 g/mol. The third kappa shape index (κ3) is 2.72. The van der Waals surface area contributed by atoms with E-state index in [0.29, 0.717) is 15.2 Å². The molecule has 0 unspecified atom stereocenters. The van der Waals surface area contributed by atoms with Crippen molar-refractivity contribution < 1.29 is 9.53 Å². The van der Waals surface area contributed by atoms with E-state index in [1.807, 2.05) is 0 Å². The summed E-state index contributed by atoms with van der Waals surface area (Å²) in [6.45, 7) is 0. The molecule has 0 aliphatic rings. The SMILES string of the molecule is COC(=O)c1nn(-c2ccc(Br)c(Cl)c2Cl)ccc1=O. The van der Waals surface area contributed by atoms with E-state index in [1.54, 1.807) is 12.1 Å². The van der Waals surface area contributed by atoms with Crippen molar-refractivity contribution >= 4 is 45.1 Å². The number of carbonyl (C=O) groups excluding carboxylic acids is 1. The van der Waals surface area contributed by atoms with Crippen molar-refractivity contribution in [2.45, 2.75) is 0 Å². The van der Waals surface area contributed by atoms with Crippen LogP contribution in [0.25, 0.3) is 5.69 Å². The maximum Gasteiger partial charge on any atom is 0.362 e. The molecule has 2 aromatic rings. The number of esters is 1. The number of hydrogen-bond acceptors (Lipinski definition) is 4. The molecule has 0 spiro atoms. The van der Waals surface area contributed by atoms with Gasteiger partial charge in [0.1, 0.15) is 0 Å². The minimum Gasteiger partial charge on any atom is -0.464 e. The first-order valence-corrected chi connectivity index (χ1v) is 6.82. The average Bonchev–Trinajstić information content (AvgIpc) is 2.45. The van der Waals surface area contributed by atoms with Crippen molar-refractivity contribution in [3.8, 4) is 5.69 Å². The van der Waals surface area contributed by atoms with Gasteiger partial charge in [0, 0.05) is 16.7 Å². The van der Waals surface area contributed by atoms with E-state index in [4.69, 9.17) is 23.2 Å². The molecule has 1 aromatic heterocycles. The Balaban J connectivity index is 2.63. The van der Waals surface area contributed by atoms with Crippen LogP contribution in [0.2, 0.25) is 10.0 Å². The van der Waals surface area contributed by atoms with E-state index in [0.717, 1.165) is 0 Å². The van der Waals surface area contributed by atoms with Crippen molar-refractivity contribution in [1.29, 1.82) is 0 Å². The molecule has 20 heavy (non-hydrogen) atoms. The second-order valence-corrected chi connectivity index (χ2v) is 5.27. The average molecular weight is 378 g/mol. The number of halogens is 3. The minimum absolute atomic E-state index is 0.244. The van der Waals surface area contributed by atoms with Crippen LogP contribution in [0.3, 0.4) is 0 Å². The Bertz CT molecular complexity index is 746. The molecule has 1 aromatic carbocycles. The molecule has 0 bridgehead atoms. The van der Waals surface area contributed by atoms with Crippen molar-refractivity contribution in [1.82, 2.24) is 9.78 Å². The first-order chi connectivity index (χ1) is 9.45. The zero-order chi connectivity index (χ0) is 14.9. The molecule has 0 N–H and O–H groups in total. The highest BCUT2D eigenvalue weighted by Crippen LogP contribution is 2.34. The molecule has 0 atom stereocenters. The molecule has 0 fully saturated rings. The zero-order valence-corrected chi connectivity index (χ0v) is 13.2. The molecule has 0 aliphatic carbocycles. The van der Waals surface area contributed by atoms with Crippen molar-refractivity contribution in [2.75, 3.05) is 7.11 Å². The van der Waals surface area contributed by atoms with Crippen molar-refractivity contribution in [3.63, 3.8) is 0 Å². The Morgan fingerprint density at radius 3 is 2.65 bits per heavy atom. The zero-order valence-electron chi connectivity index (χ0n) is 10.1. The summed E-state index contributed by atoms with van der Waals surface area (Å²) in [4.78, 5) is 23.0. The van der Waals surface area contributed by atoms with Gasteiger partial charge in [-0.2, -0.15) is 5.10 Å². The molecule has 104 valence electrons. The Kier molecular flexibility index (Phi) is 4.47. The van der Waals surface area contributed by atoms with E-state index >= 15 is 0 Å². The summed E-state index contributed by atoms with van der Waals surface area (Å²) in [7, 11) is 1.17. The number of ether oxygens (including phenoxy) is 1. The number of carbonyl (C=O) groups is 1. The number of hydrogen-bond donors (Lipinski definition) is 0. The largest absolute Gasteiger partial charge is 0.464 e. The number of benzene rings is 1. The minimum atomic E-state index is -0.816. The lowest BCUT2D eigenvalue weighted by Crippen LogP contribution is -2.21. The number of aromatic nitrogens is 2. The van der Waals surface area contributed by atoms with Gasteiger partial charge in [0.25, 0.3) is 0 Å². The van der Waals surface area contributed by atoms with Crippen LogP contribution in [0.1, 0.15) is 10.5 Å². The van der Waals surface area contributed by atoms with Gasteiger partial charge in [0.05, 0.1) is 22.8 Å². The van der Waals surface area contributed by atoms with Gasteiger partial charge in [-0.05, 0) is 28.1 Å². The van der Waals surface area contributed by atoms with Gasteiger partial charge in [-0.25, -0.2) is 9.48 Å². The molecular formula is C12H7BrCl2N2O3. The van der Waals surface area contributed by atoms with Gasteiger partial charge in [-0.1, -0.05) is 23.2 Å². The standard InChI is InChI=1S/C12H7BrCl2N2O3/c1-20-12(19)11-8(18)4-5-17(16-11)7-3-2-6(13)9(14)10(7)15/h2-5H,1H3. The summed E-state index contributed by atoms with van der Waals surface area (Å²) >= 11 is 15.4. The Morgan fingerprint density at radius 2 is 2.00 bits per heavy atom. The molecular weight excluding hydrogens is 371 g/mol. The second-order valence-electron chi connectivity index (χ2n) is 3.66. The molecule has 5 nitrogen and oxygen atoms in total. The van der Waals surface area contributed by atoms with E-state index in [9.17, 15) is 9.59 Å². The first kappa shape index (κ1) is 15.0. The molecule has 2 rings (SSSR count). The van der Waals surface area contributed by atoms with E-state index in [2.05, 4.69) is 25.8 Å². The molecule has 0 saturated heterocycles. The van der Waals surface area contributed by atoms with Crippen LogP contribution in [0.15, 0.2) is 33.7 Å². The third-order valence-electron chi connectivity index (χ3n) is 2.45. The normalized spacial score (nSPS) is 10.4. The fraction of sp³-hybridized carbons (Fsp3) is 0.0833. The van der Waals surface area contributed by atoms with Crippen LogP contribution in [0.5, 0.6) is 0 Å². The van der Waals surface area contributed by atoms with Gasteiger partial charge in [0.15, 0.2) is 0 Å². The quantitative estimate of drug-likeness (QED) is 0.596. The molecule has 0 aliphatic heterocycles. The van der Waals surface area contributed by atoms with Crippen LogP contribution >= 0.6 is 39.1 Å². The Hall–Kier alpha value is -1.37. The van der Waals surface area contributed by atoms with Gasteiger partial charge >= 0.3 is 5.97 Å². The highest BCUT2D eigenvalue weighted by atomic mass is 79.9. The van der Waals surface area contributed by atoms with E-state index in [1.165, 1.54) is 24.1 Å². The number of nitrogens with zero attached hydrogens (tertiary/aromatic N) is 2. The topological polar surface area (TPSA) is 61.2 Å². The van der Waals surface area contributed by atoms with Gasteiger partial charge < -0.3 is 4.74 Å². The maximum atomic E-state index is 11.6. The van der Waals surface area contributed by atoms with E-state index < -0.39 is 11.4 Å². The molecule has 1 heterocycles. The highest BCUT2D eigenvalue weighted by Gasteiger charge is 2.15. The lowest BCUT2D eigenvalue weighted by atomic mass is 10.3. The first-order valence-electron chi connectivity index (χ1n) is 5.28. The van der Waals surface area contributed by atoms with E-state index in [-0.39, 0.29) is 10.7 Å².